The summed E-state index contributed by atoms with van der Waals surface area (Å²) in [5.74, 6) is -0.303. The second kappa shape index (κ2) is 4.03. The Morgan fingerprint density at radius 2 is 2.31 bits per heavy atom. The van der Waals surface area contributed by atoms with E-state index in [2.05, 4.69) is 9.72 Å². The van der Waals surface area contributed by atoms with Gasteiger partial charge in [-0.25, -0.2) is 4.79 Å². The maximum absolute atomic E-state index is 11.4. The molecule has 1 aromatic rings. The zero-order chi connectivity index (χ0) is 9.84. The van der Waals surface area contributed by atoms with E-state index in [1.807, 2.05) is 19.9 Å². The number of hydrogen-bond donors (Lipinski definition) is 0. The standard InChI is InChI=1S/C10H13NO2/c1-4-8-5-6-11-7(2)9(8)10(12)13-3/h5-6H,4H2,1-3H3. The third kappa shape index (κ3) is 1.86. The van der Waals surface area contributed by atoms with E-state index in [1.165, 1.54) is 7.11 Å². The molecule has 0 aliphatic rings. The summed E-state index contributed by atoms with van der Waals surface area (Å²) in [4.78, 5) is 15.4. The average Bonchev–Trinajstić information content (AvgIpc) is 2.16. The predicted octanol–water partition coefficient (Wildman–Crippen LogP) is 1.74. The lowest BCUT2D eigenvalue weighted by Crippen LogP contribution is -2.08. The molecule has 0 aromatic carbocycles. The van der Waals surface area contributed by atoms with Gasteiger partial charge in [0.15, 0.2) is 0 Å². The summed E-state index contributed by atoms with van der Waals surface area (Å²) in [5.41, 5.74) is 2.32. The van der Waals surface area contributed by atoms with Crippen molar-refractivity contribution in [1.82, 2.24) is 4.98 Å². The molecule has 3 heteroatoms. The number of aromatic nitrogens is 1. The van der Waals surface area contributed by atoms with Crippen molar-refractivity contribution in [2.45, 2.75) is 20.3 Å². The van der Waals surface area contributed by atoms with Crippen molar-refractivity contribution in [2.24, 2.45) is 0 Å². The maximum Gasteiger partial charge on any atom is 0.339 e. The second-order valence-corrected chi connectivity index (χ2v) is 2.78. The van der Waals surface area contributed by atoms with E-state index in [1.54, 1.807) is 6.20 Å². The number of ether oxygens (including phenoxy) is 1. The van der Waals surface area contributed by atoms with Gasteiger partial charge in [-0.15, -0.1) is 0 Å². The molecule has 0 saturated heterocycles. The van der Waals surface area contributed by atoms with Gasteiger partial charge in [-0.3, -0.25) is 4.98 Å². The number of esters is 1. The minimum Gasteiger partial charge on any atom is -0.465 e. The highest BCUT2D eigenvalue weighted by atomic mass is 16.5. The molecule has 0 unspecified atom stereocenters. The Balaban J connectivity index is 3.22. The third-order valence-electron chi connectivity index (χ3n) is 2.00. The summed E-state index contributed by atoms with van der Waals surface area (Å²) in [6.07, 6.45) is 2.52. The maximum atomic E-state index is 11.4. The van der Waals surface area contributed by atoms with Gasteiger partial charge in [-0.2, -0.15) is 0 Å². The highest BCUT2D eigenvalue weighted by molar-refractivity contribution is 5.92. The number of methoxy groups -OCH3 is 1. The number of nitrogens with zero attached hydrogens (tertiary/aromatic N) is 1. The monoisotopic (exact) mass is 179 g/mol. The van der Waals surface area contributed by atoms with Crippen molar-refractivity contribution in [3.05, 3.63) is 29.1 Å². The number of hydrogen-bond acceptors (Lipinski definition) is 3. The highest BCUT2D eigenvalue weighted by Crippen LogP contribution is 2.13. The van der Waals surface area contributed by atoms with Crippen LogP contribution in [0, 0.1) is 6.92 Å². The van der Waals surface area contributed by atoms with Crippen LogP contribution < -0.4 is 0 Å². The molecule has 3 nitrogen and oxygen atoms in total. The van der Waals surface area contributed by atoms with Gasteiger partial charge < -0.3 is 4.74 Å². The molecule has 0 aliphatic carbocycles. The van der Waals surface area contributed by atoms with Gasteiger partial charge in [-0.05, 0) is 25.0 Å². The molecule has 13 heavy (non-hydrogen) atoms. The van der Waals surface area contributed by atoms with Crippen molar-refractivity contribution in [2.75, 3.05) is 7.11 Å². The van der Waals surface area contributed by atoms with E-state index in [0.717, 1.165) is 17.7 Å². The highest BCUT2D eigenvalue weighted by Gasteiger charge is 2.13. The van der Waals surface area contributed by atoms with Gasteiger partial charge in [0, 0.05) is 6.20 Å². The van der Waals surface area contributed by atoms with E-state index in [4.69, 9.17) is 0 Å². The fraction of sp³-hybridized carbons (Fsp3) is 0.400. The van der Waals surface area contributed by atoms with Gasteiger partial charge in [0.1, 0.15) is 0 Å². The molecule has 0 atom stereocenters. The molecule has 0 radical (unpaired) electrons. The molecule has 0 aliphatic heterocycles. The molecule has 0 spiro atoms. The van der Waals surface area contributed by atoms with Crippen molar-refractivity contribution in [1.29, 1.82) is 0 Å². The van der Waals surface area contributed by atoms with Crippen LogP contribution in [0.4, 0.5) is 0 Å². The molecule has 0 N–H and O–H groups in total. The first kappa shape index (κ1) is 9.71. The molecule has 0 saturated carbocycles. The summed E-state index contributed by atoms with van der Waals surface area (Å²) in [6, 6.07) is 1.85. The van der Waals surface area contributed by atoms with E-state index in [0.29, 0.717) is 5.56 Å². The fourth-order valence-electron chi connectivity index (χ4n) is 1.29. The fourth-order valence-corrected chi connectivity index (χ4v) is 1.29. The summed E-state index contributed by atoms with van der Waals surface area (Å²) < 4.78 is 4.68. The summed E-state index contributed by atoms with van der Waals surface area (Å²) in [7, 11) is 1.38. The Morgan fingerprint density at radius 1 is 1.62 bits per heavy atom. The minimum absolute atomic E-state index is 0.303. The zero-order valence-corrected chi connectivity index (χ0v) is 8.13. The van der Waals surface area contributed by atoms with Gasteiger partial charge >= 0.3 is 5.97 Å². The van der Waals surface area contributed by atoms with Crippen molar-refractivity contribution in [3.8, 4) is 0 Å². The average molecular weight is 179 g/mol. The van der Waals surface area contributed by atoms with Gasteiger partial charge in [0.05, 0.1) is 18.4 Å². The smallest absolute Gasteiger partial charge is 0.339 e. The normalized spacial score (nSPS) is 9.77. The lowest BCUT2D eigenvalue weighted by atomic mass is 10.1. The first-order chi connectivity index (χ1) is 6.20. The summed E-state index contributed by atoms with van der Waals surface area (Å²) in [5, 5.41) is 0. The Kier molecular flexibility index (Phi) is 3.01. The molecule has 0 bridgehead atoms. The number of pyridine rings is 1. The van der Waals surface area contributed by atoms with Crippen LogP contribution in [0.3, 0.4) is 0 Å². The first-order valence-electron chi connectivity index (χ1n) is 4.23. The van der Waals surface area contributed by atoms with E-state index < -0.39 is 0 Å². The van der Waals surface area contributed by atoms with Gasteiger partial charge in [-0.1, -0.05) is 6.92 Å². The van der Waals surface area contributed by atoms with Crippen LogP contribution in [0.1, 0.15) is 28.5 Å². The second-order valence-electron chi connectivity index (χ2n) is 2.78. The molecule has 0 fully saturated rings. The number of aryl methyl sites for hydroxylation is 2. The Morgan fingerprint density at radius 3 is 2.85 bits per heavy atom. The molecule has 1 heterocycles. The lowest BCUT2D eigenvalue weighted by Gasteiger charge is -2.07. The molecular formula is C10H13NO2. The first-order valence-corrected chi connectivity index (χ1v) is 4.23. The van der Waals surface area contributed by atoms with E-state index in [-0.39, 0.29) is 5.97 Å². The molecular weight excluding hydrogens is 166 g/mol. The van der Waals surface area contributed by atoms with Crippen LogP contribution in [0.5, 0.6) is 0 Å². The Hall–Kier alpha value is -1.38. The van der Waals surface area contributed by atoms with E-state index in [9.17, 15) is 4.79 Å². The summed E-state index contributed by atoms with van der Waals surface area (Å²) in [6.45, 7) is 3.81. The molecule has 70 valence electrons. The van der Waals surface area contributed by atoms with Gasteiger partial charge in [0.2, 0.25) is 0 Å². The number of carbonyl (C=O) groups is 1. The Labute approximate surface area is 77.8 Å². The van der Waals surface area contributed by atoms with Gasteiger partial charge in [0.25, 0.3) is 0 Å². The topological polar surface area (TPSA) is 39.2 Å². The lowest BCUT2D eigenvalue weighted by molar-refractivity contribution is 0.0598. The van der Waals surface area contributed by atoms with Crippen LogP contribution in [-0.2, 0) is 11.2 Å². The van der Waals surface area contributed by atoms with Crippen molar-refractivity contribution in [3.63, 3.8) is 0 Å². The van der Waals surface area contributed by atoms with Crippen LogP contribution in [0.2, 0.25) is 0 Å². The summed E-state index contributed by atoms with van der Waals surface area (Å²) >= 11 is 0. The molecule has 0 amide bonds. The van der Waals surface area contributed by atoms with Crippen LogP contribution in [-0.4, -0.2) is 18.1 Å². The molecule has 1 aromatic heterocycles. The quantitative estimate of drug-likeness (QED) is 0.649. The van der Waals surface area contributed by atoms with Crippen molar-refractivity contribution < 1.29 is 9.53 Å². The van der Waals surface area contributed by atoms with E-state index >= 15 is 0 Å². The van der Waals surface area contributed by atoms with Crippen LogP contribution in [0.15, 0.2) is 12.3 Å². The predicted molar refractivity (Wildman–Crippen MR) is 49.7 cm³/mol. The van der Waals surface area contributed by atoms with Crippen molar-refractivity contribution >= 4 is 5.97 Å². The largest absolute Gasteiger partial charge is 0.465 e. The Bertz CT molecular complexity index is 321. The van der Waals surface area contributed by atoms with Crippen LogP contribution in [0.25, 0.3) is 0 Å². The zero-order valence-electron chi connectivity index (χ0n) is 8.13. The number of rotatable bonds is 2. The SMILES string of the molecule is CCc1ccnc(C)c1C(=O)OC. The van der Waals surface area contributed by atoms with Crippen LogP contribution >= 0.6 is 0 Å². The third-order valence-corrected chi connectivity index (χ3v) is 2.00. The number of carbonyl (C=O) groups excluding carboxylic acids is 1. The minimum atomic E-state index is -0.303. The molecule has 1 rings (SSSR count).